The molecule has 0 unspecified atom stereocenters. The number of aliphatic imine (C=N–C) groups is 1. The van der Waals surface area contributed by atoms with Crippen LogP contribution in [0.1, 0.15) is 5.76 Å². The number of carbonyl (C=O) groups is 1. The number of nitrogens with zero attached hydrogens (tertiary/aromatic N) is 2. The molecule has 2 N–H and O–H groups in total. The fourth-order valence-electron chi connectivity index (χ4n) is 2.62. The van der Waals surface area contributed by atoms with E-state index in [4.69, 9.17) is 4.42 Å². The highest BCUT2D eigenvalue weighted by molar-refractivity contribution is 8.18. The van der Waals surface area contributed by atoms with Gasteiger partial charge >= 0.3 is 0 Å². The van der Waals surface area contributed by atoms with E-state index in [1.54, 1.807) is 42.5 Å². The quantitative estimate of drug-likeness (QED) is 0.375. The third-order valence-electron chi connectivity index (χ3n) is 3.97. The minimum absolute atomic E-state index is 0.000209. The Morgan fingerprint density at radius 1 is 1.14 bits per heavy atom. The van der Waals surface area contributed by atoms with Crippen molar-refractivity contribution in [3.8, 4) is 17.1 Å². The highest BCUT2D eigenvalue weighted by atomic mass is 32.2. The van der Waals surface area contributed by atoms with E-state index in [0.717, 1.165) is 11.8 Å². The average Bonchev–Trinajstić information content (AvgIpc) is 3.29. The SMILES string of the molecule is O=C1NC(=Nc2cccc(O)c2)S/C1=C/c1ccc(-c2ccc([N+](=O)[O-])cc2)o1. The lowest BCUT2D eigenvalue weighted by atomic mass is 10.1. The lowest BCUT2D eigenvalue weighted by molar-refractivity contribution is -0.384. The van der Waals surface area contributed by atoms with Crippen LogP contribution >= 0.6 is 11.8 Å². The molecule has 1 saturated heterocycles. The molecule has 3 aromatic rings. The number of nitrogens with one attached hydrogen (secondary N) is 1. The molecule has 144 valence electrons. The Kier molecular flexibility index (Phi) is 4.88. The van der Waals surface area contributed by atoms with Gasteiger partial charge < -0.3 is 14.8 Å². The fraction of sp³-hybridized carbons (Fsp3) is 0. The van der Waals surface area contributed by atoms with Crippen LogP contribution in [0, 0.1) is 10.1 Å². The number of furan rings is 1. The van der Waals surface area contributed by atoms with E-state index in [0.29, 0.717) is 32.8 Å². The molecule has 0 atom stereocenters. The average molecular weight is 407 g/mol. The number of benzene rings is 2. The van der Waals surface area contributed by atoms with Gasteiger partial charge in [0.05, 0.1) is 15.5 Å². The first-order valence-corrected chi connectivity index (χ1v) is 9.23. The summed E-state index contributed by atoms with van der Waals surface area (Å²) in [6, 6.07) is 15.9. The van der Waals surface area contributed by atoms with Gasteiger partial charge in [-0.05, 0) is 48.2 Å². The summed E-state index contributed by atoms with van der Waals surface area (Å²) in [5.41, 5.74) is 1.21. The van der Waals surface area contributed by atoms with Crippen LogP contribution in [0.5, 0.6) is 5.75 Å². The molecule has 2 aromatic carbocycles. The Balaban J connectivity index is 1.53. The molecule has 0 spiro atoms. The minimum atomic E-state index is -0.465. The summed E-state index contributed by atoms with van der Waals surface area (Å²) in [6.07, 6.45) is 1.60. The standard InChI is InChI=1S/C20H13N3O5S/c24-15-3-1-2-13(10-15)21-20-22-19(25)18(29-20)11-16-8-9-17(28-16)12-4-6-14(7-5-12)23(26)27/h1-11,24H,(H,21,22,25)/b18-11+. The molecule has 1 aliphatic heterocycles. The molecule has 1 aliphatic rings. The van der Waals surface area contributed by atoms with E-state index in [-0.39, 0.29) is 17.3 Å². The van der Waals surface area contributed by atoms with Crippen molar-refractivity contribution in [2.45, 2.75) is 0 Å². The van der Waals surface area contributed by atoms with Crippen molar-refractivity contribution in [2.24, 2.45) is 4.99 Å². The molecular formula is C20H13N3O5S. The van der Waals surface area contributed by atoms with Crippen LogP contribution in [0.3, 0.4) is 0 Å². The number of nitro benzene ring substituents is 1. The van der Waals surface area contributed by atoms with Gasteiger partial charge in [-0.1, -0.05) is 6.07 Å². The number of rotatable bonds is 4. The maximum absolute atomic E-state index is 12.2. The van der Waals surface area contributed by atoms with E-state index in [2.05, 4.69) is 10.3 Å². The first-order chi connectivity index (χ1) is 14.0. The smallest absolute Gasteiger partial charge is 0.269 e. The topological polar surface area (TPSA) is 118 Å². The number of non-ortho nitro benzene ring substituents is 1. The van der Waals surface area contributed by atoms with Crippen LogP contribution in [0.2, 0.25) is 0 Å². The molecule has 4 rings (SSSR count). The van der Waals surface area contributed by atoms with Crippen LogP contribution in [0.4, 0.5) is 11.4 Å². The number of phenols is 1. The summed E-state index contributed by atoms with van der Waals surface area (Å²) in [5, 5.41) is 23.3. The zero-order valence-corrected chi connectivity index (χ0v) is 15.6. The van der Waals surface area contributed by atoms with Crippen molar-refractivity contribution in [3.63, 3.8) is 0 Å². The molecule has 9 heteroatoms. The molecule has 0 radical (unpaired) electrons. The Bertz CT molecular complexity index is 1160. The molecular weight excluding hydrogens is 394 g/mol. The first kappa shape index (κ1) is 18.5. The Labute approximate surface area is 168 Å². The van der Waals surface area contributed by atoms with E-state index in [1.165, 1.54) is 24.3 Å². The lowest BCUT2D eigenvalue weighted by Gasteiger charge is -1.97. The first-order valence-electron chi connectivity index (χ1n) is 8.41. The Morgan fingerprint density at radius 2 is 1.93 bits per heavy atom. The normalized spacial score (nSPS) is 16.3. The molecule has 1 amide bonds. The summed E-state index contributed by atoms with van der Waals surface area (Å²) < 4.78 is 5.74. The molecule has 0 aliphatic carbocycles. The summed E-state index contributed by atoms with van der Waals surface area (Å²) in [6.45, 7) is 0. The molecule has 1 aromatic heterocycles. The number of aromatic hydroxyl groups is 1. The highest BCUT2D eigenvalue weighted by Gasteiger charge is 2.24. The van der Waals surface area contributed by atoms with Crippen molar-refractivity contribution in [1.82, 2.24) is 5.32 Å². The number of hydrogen-bond donors (Lipinski definition) is 2. The van der Waals surface area contributed by atoms with Crippen LogP contribution in [-0.2, 0) is 4.79 Å². The summed E-state index contributed by atoms with van der Waals surface area (Å²) >= 11 is 1.16. The van der Waals surface area contributed by atoms with Crippen LogP contribution < -0.4 is 5.32 Å². The molecule has 29 heavy (non-hydrogen) atoms. The summed E-state index contributed by atoms with van der Waals surface area (Å²) in [4.78, 5) is 27.2. The second-order valence-electron chi connectivity index (χ2n) is 6.01. The van der Waals surface area contributed by atoms with Crippen LogP contribution in [0.15, 0.2) is 75.0 Å². The highest BCUT2D eigenvalue weighted by Crippen LogP contribution is 2.31. The second kappa shape index (κ2) is 7.64. The summed E-state index contributed by atoms with van der Waals surface area (Å²) in [7, 11) is 0. The van der Waals surface area contributed by atoms with Gasteiger partial charge in [-0.25, -0.2) is 4.99 Å². The van der Waals surface area contributed by atoms with Gasteiger partial charge in [-0.2, -0.15) is 0 Å². The van der Waals surface area contributed by atoms with Crippen molar-refractivity contribution >= 4 is 40.3 Å². The fourth-order valence-corrected chi connectivity index (χ4v) is 3.44. The molecule has 1 fully saturated rings. The van der Waals surface area contributed by atoms with Crippen molar-refractivity contribution in [1.29, 1.82) is 0 Å². The van der Waals surface area contributed by atoms with Gasteiger partial charge in [-0.3, -0.25) is 14.9 Å². The number of carbonyl (C=O) groups excluding carboxylic acids is 1. The van der Waals surface area contributed by atoms with Gasteiger partial charge in [0.25, 0.3) is 11.6 Å². The van der Waals surface area contributed by atoms with Crippen molar-refractivity contribution in [2.75, 3.05) is 0 Å². The predicted molar refractivity (Wildman–Crippen MR) is 110 cm³/mol. The van der Waals surface area contributed by atoms with Crippen LogP contribution in [0.25, 0.3) is 17.4 Å². The van der Waals surface area contributed by atoms with E-state index < -0.39 is 4.92 Å². The molecule has 0 bridgehead atoms. The van der Waals surface area contributed by atoms with Gasteiger partial charge in [0, 0.05) is 29.8 Å². The van der Waals surface area contributed by atoms with E-state index in [1.807, 2.05) is 0 Å². The van der Waals surface area contributed by atoms with Gasteiger partial charge in [0.1, 0.15) is 17.3 Å². The number of hydrogen-bond acceptors (Lipinski definition) is 7. The molecule has 0 saturated carbocycles. The van der Waals surface area contributed by atoms with E-state index >= 15 is 0 Å². The lowest BCUT2D eigenvalue weighted by Crippen LogP contribution is -2.19. The largest absolute Gasteiger partial charge is 0.508 e. The number of amides is 1. The third-order valence-corrected chi connectivity index (χ3v) is 4.88. The number of amidine groups is 1. The summed E-state index contributed by atoms with van der Waals surface area (Å²) in [5.74, 6) is 0.784. The van der Waals surface area contributed by atoms with Crippen molar-refractivity contribution < 1.29 is 19.2 Å². The maximum atomic E-state index is 12.2. The molecule has 8 nitrogen and oxygen atoms in total. The van der Waals surface area contributed by atoms with Gasteiger partial charge in [0.15, 0.2) is 5.17 Å². The molecule has 2 heterocycles. The number of thioether (sulfide) groups is 1. The maximum Gasteiger partial charge on any atom is 0.269 e. The van der Waals surface area contributed by atoms with Crippen molar-refractivity contribution in [3.05, 3.63) is 81.4 Å². The zero-order chi connectivity index (χ0) is 20.4. The predicted octanol–water partition coefficient (Wildman–Crippen LogP) is 4.45. The Hall–Kier alpha value is -3.85. The van der Waals surface area contributed by atoms with Gasteiger partial charge in [-0.15, -0.1) is 0 Å². The van der Waals surface area contributed by atoms with Crippen LogP contribution in [-0.4, -0.2) is 21.1 Å². The monoisotopic (exact) mass is 407 g/mol. The number of phenolic OH excluding ortho intramolecular Hbond substituents is 1. The zero-order valence-electron chi connectivity index (χ0n) is 14.7. The third kappa shape index (κ3) is 4.19. The second-order valence-corrected chi connectivity index (χ2v) is 7.04. The number of nitro groups is 1. The van der Waals surface area contributed by atoms with Gasteiger partial charge in [0.2, 0.25) is 0 Å². The van der Waals surface area contributed by atoms with E-state index in [9.17, 15) is 20.0 Å². The Morgan fingerprint density at radius 3 is 2.66 bits per heavy atom. The minimum Gasteiger partial charge on any atom is -0.508 e.